The summed E-state index contributed by atoms with van der Waals surface area (Å²) in [5.41, 5.74) is 4.72. The Labute approximate surface area is 112 Å². The summed E-state index contributed by atoms with van der Waals surface area (Å²) in [6, 6.07) is 14.4. The summed E-state index contributed by atoms with van der Waals surface area (Å²) in [5, 5.41) is 0. The molecule has 0 bridgehead atoms. The molecule has 3 rings (SSSR count). The van der Waals surface area contributed by atoms with Gasteiger partial charge < -0.3 is 9.30 Å². The molecule has 0 unspecified atom stereocenters. The quantitative estimate of drug-likeness (QED) is 0.714. The van der Waals surface area contributed by atoms with E-state index in [1.165, 1.54) is 11.1 Å². The fourth-order valence-electron chi connectivity index (χ4n) is 2.29. The van der Waals surface area contributed by atoms with Crippen LogP contribution in [0.15, 0.2) is 48.8 Å². The first kappa shape index (κ1) is 11.8. The first-order chi connectivity index (χ1) is 9.28. The van der Waals surface area contributed by atoms with Gasteiger partial charge in [-0.05, 0) is 42.3 Å². The van der Waals surface area contributed by atoms with Crippen LogP contribution in [0.25, 0.3) is 11.0 Å². The van der Waals surface area contributed by atoms with Gasteiger partial charge in [-0.25, -0.2) is 4.98 Å². The number of ether oxygens (including phenoxy) is 1. The number of rotatable bonds is 3. The van der Waals surface area contributed by atoms with Crippen LogP contribution >= 0.6 is 0 Å². The van der Waals surface area contributed by atoms with Crippen molar-refractivity contribution < 1.29 is 4.74 Å². The van der Waals surface area contributed by atoms with Crippen molar-refractivity contribution in [3.05, 3.63) is 59.9 Å². The summed E-state index contributed by atoms with van der Waals surface area (Å²) in [6.07, 6.45) is 1.90. The summed E-state index contributed by atoms with van der Waals surface area (Å²) in [6.45, 7) is 2.94. The van der Waals surface area contributed by atoms with Crippen LogP contribution in [-0.2, 0) is 6.54 Å². The number of imidazole rings is 1. The van der Waals surface area contributed by atoms with Crippen molar-refractivity contribution in [1.29, 1.82) is 0 Å². The van der Waals surface area contributed by atoms with Gasteiger partial charge in [-0.3, -0.25) is 0 Å². The molecule has 0 N–H and O–H groups in total. The lowest BCUT2D eigenvalue weighted by molar-refractivity contribution is 0.414. The maximum Gasteiger partial charge on any atom is 0.119 e. The van der Waals surface area contributed by atoms with Crippen LogP contribution in [0.1, 0.15) is 11.1 Å². The van der Waals surface area contributed by atoms with Crippen molar-refractivity contribution in [2.24, 2.45) is 0 Å². The molecule has 0 fully saturated rings. The minimum atomic E-state index is 0.830. The molecule has 0 saturated heterocycles. The third-order valence-electron chi connectivity index (χ3n) is 3.42. The van der Waals surface area contributed by atoms with E-state index in [0.717, 1.165) is 23.3 Å². The smallest absolute Gasteiger partial charge is 0.119 e. The molecule has 0 aliphatic carbocycles. The molecule has 19 heavy (non-hydrogen) atoms. The Morgan fingerprint density at radius 2 is 2.00 bits per heavy atom. The minimum Gasteiger partial charge on any atom is -0.497 e. The highest BCUT2D eigenvalue weighted by molar-refractivity contribution is 5.75. The zero-order valence-electron chi connectivity index (χ0n) is 11.1. The van der Waals surface area contributed by atoms with Gasteiger partial charge in [0.2, 0.25) is 0 Å². The lowest BCUT2D eigenvalue weighted by Crippen LogP contribution is -2.00. The minimum absolute atomic E-state index is 0.830. The number of methoxy groups -OCH3 is 1. The summed E-state index contributed by atoms with van der Waals surface area (Å²) in [7, 11) is 1.69. The summed E-state index contributed by atoms with van der Waals surface area (Å²) < 4.78 is 7.41. The summed E-state index contributed by atoms with van der Waals surface area (Å²) in [4.78, 5) is 4.42. The average Bonchev–Trinajstić information content (AvgIpc) is 2.84. The Morgan fingerprint density at radius 1 is 1.16 bits per heavy atom. The predicted molar refractivity (Wildman–Crippen MR) is 76.6 cm³/mol. The Morgan fingerprint density at radius 3 is 2.79 bits per heavy atom. The van der Waals surface area contributed by atoms with Crippen LogP contribution < -0.4 is 4.74 Å². The van der Waals surface area contributed by atoms with E-state index in [9.17, 15) is 0 Å². The van der Waals surface area contributed by atoms with E-state index in [1.54, 1.807) is 7.11 Å². The molecule has 0 aliphatic rings. The topological polar surface area (TPSA) is 27.1 Å². The number of fused-ring (bicyclic) bond motifs is 1. The standard InChI is InChI=1S/C16H16N2O/c1-12-9-14(19-2)8-7-13(12)10-18-11-17-15-5-3-4-6-16(15)18/h3-9,11H,10H2,1-2H3. The van der Waals surface area contributed by atoms with Gasteiger partial charge in [-0.15, -0.1) is 0 Å². The molecular formula is C16H16N2O. The van der Waals surface area contributed by atoms with E-state index in [1.807, 2.05) is 30.6 Å². The van der Waals surface area contributed by atoms with Crippen molar-refractivity contribution in [1.82, 2.24) is 9.55 Å². The average molecular weight is 252 g/mol. The molecule has 3 nitrogen and oxygen atoms in total. The highest BCUT2D eigenvalue weighted by Crippen LogP contribution is 2.20. The summed E-state index contributed by atoms with van der Waals surface area (Å²) >= 11 is 0. The van der Waals surface area contributed by atoms with Crippen LogP contribution in [0.4, 0.5) is 0 Å². The molecule has 0 aliphatic heterocycles. The fourth-order valence-corrected chi connectivity index (χ4v) is 2.29. The maximum absolute atomic E-state index is 5.24. The van der Waals surface area contributed by atoms with Crippen molar-refractivity contribution in [2.45, 2.75) is 13.5 Å². The fraction of sp³-hybridized carbons (Fsp3) is 0.188. The Balaban J connectivity index is 1.97. The second-order valence-electron chi connectivity index (χ2n) is 4.65. The van der Waals surface area contributed by atoms with Crippen molar-refractivity contribution >= 4 is 11.0 Å². The molecule has 0 radical (unpaired) electrons. The van der Waals surface area contributed by atoms with Crippen molar-refractivity contribution in [3.8, 4) is 5.75 Å². The largest absolute Gasteiger partial charge is 0.497 e. The molecule has 1 heterocycles. The van der Waals surface area contributed by atoms with Gasteiger partial charge in [0.15, 0.2) is 0 Å². The van der Waals surface area contributed by atoms with Crippen LogP contribution in [0, 0.1) is 6.92 Å². The number of aryl methyl sites for hydroxylation is 1. The van der Waals surface area contributed by atoms with Gasteiger partial charge >= 0.3 is 0 Å². The molecule has 0 amide bonds. The Kier molecular flexibility index (Phi) is 2.95. The van der Waals surface area contributed by atoms with E-state index < -0.39 is 0 Å². The highest BCUT2D eigenvalue weighted by atomic mass is 16.5. The third-order valence-corrected chi connectivity index (χ3v) is 3.42. The van der Waals surface area contributed by atoms with Gasteiger partial charge in [-0.1, -0.05) is 18.2 Å². The number of hydrogen-bond acceptors (Lipinski definition) is 2. The second-order valence-corrected chi connectivity index (χ2v) is 4.65. The second kappa shape index (κ2) is 4.76. The molecule has 2 aromatic carbocycles. The number of para-hydroxylation sites is 2. The lowest BCUT2D eigenvalue weighted by atomic mass is 10.1. The van der Waals surface area contributed by atoms with Crippen molar-refractivity contribution in [3.63, 3.8) is 0 Å². The number of nitrogens with zero attached hydrogens (tertiary/aromatic N) is 2. The van der Waals surface area contributed by atoms with Gasteiger partial charge in [0.05, 0.1) is 24.5 Å². The SMILES string of the molecule is COc1ccc(Cn2cnc3ccccc32)c(C)c1. The van der Waals surface area contributed by atoms with Gasteiger partial charge in [-0.2, -0.15) is 0 Å². The van der Waals surface area contributed by atoms with Crippen LogP contribution in [-0.4, -0.2) is 16.7 Å². The summed E-state index contributed by atoms with van der Waals surface area (Å²) in [5.74, 6) is 0.900. The molecule has 0 atom stereocenters. The Bertz CT molecular complexity index is 716. The number of hydrogen-bond donors (Lipinski definition) is 0. The maximum atomic E-state index is 5.24. The van der Waals surface area contributed by atoms with E-state index in [2.05, 4.69) is 34.7 Å². The molecule has 96 valence electrons. The lowest BCUT2D eigenvalue weighted by Gasteiger charge is -2.09. The van der Waals surface area contributed by atoms with Gasteiger partial charge in [0.25, 0.3) is 0 Å². The van der Waals surface area contributed by atoms with Crippen LogP contribution in [0.2, 0.25) is 0 Å². The number of benzene rings is 2. The molecule has 0 spiro atoms. The van der Waals surface area contributed by atoms with E-state index >= 15 is 0 Å². The number of aromatic nitrogens is 2. The molecule has 0 saturated carbocycles. The normalized spacial score (nSPS) is 10.8. The Hall–Kier alpha value is -2.29. The van der Waals surface area contributed by atoms with Crippen LogP contribution in [0.5, 0.6) is 5.75 Å². The van der Waals surface area contributed by atoms with Crippen molar-refractivity contribution in [2.75, 3.05) is 7.11 Å². The van der Waals surface area contributed by atoms with Crippen LogP contribution in [0.3, 0.4) is 0 Å². The highest BCUT2D eigenvalue weighted by Gasteiger charge is 2.05. The first-order valence-electron chi connectivity index (χ1n) is 6.31. The zero-order chi connectivity index (χ0) is 13.2. The molecule has 1 aromatic heterocycles. The predicted octanol–water partition coefficient (Wildman–Crippen LogP) is 3.40. The molecule has 3 heteroatoms. The van der Waals surface area contributed by atoms with Gasteiger partial charge in [0.1, 0.15) is 5.75 Å². The zero-order valence-corrected chi connectivity index (χ0v) is 11.1. The van der Waals surface area contributed by atoms with E-state index in [0.29, 0.717) is 0 Å². The van der Waals surface area contributed by atoms with E-state index in [4.69, 9.17) is 4.74 Å². The monoisotopic (exact) mass is 252 g/mol. The molecule has 3 aromatic rings. The third kappa shape index (κ3) is 2.19. The van der Waals surface area contributed by atoms with Gasteiger partial charge in [0, 0.05) is 6.54 Å². The molecular weight excluding hydrogens is 236 g/mol. The first-order valence-corrected chi connectivity index (χ1v) is 6.31. The van der Waals surface area contributed by atoms with E-state index in [-0.39, 0.29) is 0 Å².